The number of carbonyl (C=O) groups excluding carboxylic acids is 1. The molecule has 0 atom stereocenters. The van der Waals surface area contributed by atoms with Crippen molar-refractivity contribution >= 4 is 22.4 Å². The van der Waals surface area contributed by atoms with Crippen LogP contribution in [0.5, 0.6) is 5.75 Å². The SMILES string of the molecule is NC(=O)c1cc(OC2CCN(c3nnc(C4CC4)s3)CC2)ccn1. The average molecular weight is 345 g/mol. The Morgan fingerprint density at radius 3 is 2.75 bits per heavy atom. The Bertz CT molecular complexity index is 738. The van der Waals surface area contributed by atoms with Gasteiger partial charge in [0.1, 0.15) is 22.6 Å². The second-order valence-corrected chi connectivity index (χ2v) is 7.23. The van der Waals surface area contributed by atoms with Gasteiger partial charge in [-0.1, -0.05) is 11.3 Å². The normalized spacial score (nSPS) is 18.6. The maximum Gasteiger partial charge on any atom is 0.267 e. The van der Waals surface area contributed by atoms with E-state index in [0.717, 1.165) is 31.1 Å². The van der Waals surface area contributed by atoms with Crippen LogP contribution in [0.4, 0.5) is 5.13 Å². The van der Waals surface area contributed by atoms with E-state index in [9.17, 15) is 4.79 Å². The van der Waals surface area contributed by atoms with Gasteiger partial charge in [-0.05, 0) is 18.9 Å². The molecule has 0 spiro atoms. The van der Waals surface area contributed by atoms with Crippen LogP contribution in [-0.4, -0.2) is 40.3 Å². The Morgan fingerprint density at radius 1 is 1.25 bits per heavy atom. The van der Waals surface area contributed by atoms with Gasteiger partial charge < -0.3 is 15.4 Å². The number of pyridine rings is 1. The van der Waals surface area contributed by atoms with Crippen LogP contribution in [0, 0.1) is 0 Å². The fourth-order valence-corrected chi connectivity index (χ4v) is 3.89. The van der Waals surface area contributed by atoms with Gasteiger partial charge >= 0.3 is 0 Å². The third kappa shape index (κ3) is 3.33. The lowest BCUT2D eigenvalue weighted by atomic mass is 10.1. The second-order valence-electron chi connectivity index (χ2n) is 6.24. The number of hydrogen-bond donors (Lipinski definition) is 1. The minimum absolute atomic E-state index is 0.125. The molecule has 1 saturated carbocycles. The molecule has 1 aliphatic carbocycles. The Morgan fingerprint density at radius 2 is 2.04 bits per heavy atom. The molecule has 2 aromatic heterocycles. The van der Waals surface area contributed by atoms with Gasteiger partial charge in [-0.3, -0.25) is 9.78 Å². The lowest BCUT2D eigenvalue weighted by Gasteiger charge is -2.31. The van der Waals surface area contributed by atoms with Crippen molar-refractivity contribution in [2.75, 3.05) is 18.0 Å². The standard InChI is InChI=1S/C16H19N5O2S/c17-14(22)13-9-12(3-6-18-13)23-11-4-7-21(8-5-11)16-20-19-15(24-16)10-1-2-10/h3,6,9-11H,1-2,4-5,7-8H2,(H2,17,22). The molecule has 0 unspecified atom stereocenters. The van der Waals surface area contributed by atoms with Gasteiger partial charge in [0.15, 0.2) is 0 Å². The van der Waals surface area contributed by atoms with E-state index in [2.05, 4.69) is 20.1 Å². The highest BCUT2D eigenvalue weighted by Gasteiger charge is 2.29. The number of carbonyl (C=O) groups is 1. The van der Waals surface area contributed by atoms with E-state index in [1.54, 1.807) is 29.7 Å². The highest BCUT2D eigenvalue weighted by molar-refractivity contribution is 7.15. The number of amides is 1. The molecular weight excluding hydrogens is 326 g/mol. The summed E-state index contributed by atoms with van der Waals surface area (Å²) in [5, 5.41) is 10.8. The maximum absolute atomic E-state index is 11.2. The van der Waals surface area contributed by atoms with E-state index in [1.165, 1.54) is 17.8 Å². The summed E-state index contributed by atoms with van der Waals surface area (Å²) in [6.07, 6.45) is 6.00. The van der Waals surface area contributed by atoms with E-state index in [4.69, 9.17) is 10.5 Å². The van der Waals surface area contributed by atoms with Crippen molar-refractivity contribution in [3.63, 3.8) is 0 Å². The fraction of sp³-hybridized carbons (Fsp3) is 0.500. The van der Waals surface area contributed by atoms with E-state index in [0.29, 0.717) is 11.7 Å². The van der Waals surface area contributed by atoms with Crippen molar-refractivity contribution in [2.45, 2.75) is 37.7 Å². The summed E-state index contributed by atoms with van der Waals surface area (Å²) in [6, 6.07) is 3.35. The maximum atomic E-state index is 11.2. The number of nitrogens with two attached hydrogens (primary N) is 1. The summed E-state index contributed by atoms with van der Waals surface area (Å²) in [4.78, 5) is 17.4. The van der Waals surface area contributed by atoms with Gasteiger partial charge in [0.25, 0.3) is 5.91 Å². The first-order valence-electron chi connectivity index (χ1n) is 8.20. The number of anilines is 1. The summed E-state index contributed by atoms with van der Waals surface area (Å²) < 4.78 is 5.98. The number of primary amides is 1. The molecule has 7 nitrogen and oxygen atoms in total. The first-order chi connectivity index (χ1) is 11.7. The Hall–Kier alpha value is -2.22. The molecule has 2 aromatic rings. The van der Waals surface area contributed by atoms with Crippen LogP contribution in [0.3, 0.4) is 0 Å². The number of nitrogens with zero attached hydrogens (tertiary/aromatic N) is 4. The smallest absolute Gasteiger partial charge is 0.267 e. The van der Waals surface area contributed by atoms with Crippen LogP contribution in [0.2, 0.25) is 0 Å². The molecule has 1 aliphatic heterocycles. The summed E-state index contributed by atoms with van der Waals surface area (Å²) >= 11 is 1.72. The van der Waals surface area contributed by atoms with Crippen LogP contribution in [0.15, 0.2) is 18.3 Å². The quantitative estimate of drug-likeness (QED) is 0.890. The van der Waals surface area contributed by atoms with Crippen molar-refractivity contribution in [2.24, 2.45) is 5.73 Å². The first kappa shape index (κ1) is 15.3. The molecule has 0 radical (unpaired) electrons. The zero-order valence-electron chi connectivity index (χ0n) is 13.2. The minimum atomic E-state index is -0.544. The summed E-state index contributed by atoms with van der Waals surface area (Å²) in [5.41, 5.74) is 5.48. The number of piperidine rings is 1. The molecule has 126 valence electrons. The molecule has 3 heterocycles. The minimum Gasteiger partial charge on any atom is -0.490 e. The number of ether oxygens (including phenoxy) is 1. The predicted molar refractivity (Wildman–Crippen MR) is 90.5 cm³/mol. The average Bonchev–Trinajstić information content (AvgIpc) is 3.33. The van der Waals surface area contributed by atoms with Gasteiger partial charge in [0, 0.05) is 44.1 Å². The predicted octanol–water partition coefficient (Wildman–Crippen LogP) is 1.96. The van der Waals surface area contributed by atoms with Crippen molar-refractivity contribution in [3.8, 4) is 5.75 Å². The Kier molecular flexibility index (Phi) is 4.05. The zero-order valence-corrected chi connectivity index (χ0v) is 14.0. The van der Waals surface area contributed by atoms with Crippen LogP contribution in [0.25, 0.3) is 0 Å². The Balaban J connectivity index is 1.34. The molecule has 1 amide bonds. The number of aromatic nitrogens is 3. The molecule has 1 saturated heterocycles. The molecule has 24 heavy (non-hydrogen) atoms. The lowest BCUT2D eigenvalue weighted by Crippen LogP contribution is -2.38. The van der Waals surface area contributed by atoms with Crippen LogP contribution in [-0.2, 0) is 0 Å². The second kappa shape index (κ2) is 6.35. The van der Waals surface area contributed by atoms with Gasteiger partial charge in [-0.2, -0.15) is 0 Å². The van der Waals surface area contributed by atoms with Gasteiger partial charge in [-0.15, -0.1) is 10.2 Å². The summed E-state index contributed by atoms with van der Waals surface area (Å²) in [5.74, 6) is 0.755. The lowest BCUT2D eigenvalue weighted by molar-refractivity contribution is 0.0994. The van der Waals surface area contributed by atoms with Crippen molar-refractivity contribution in [3.05, 3.63) is 29.0 Å². The van der Waals surface area contributed by atoms with Crippen molar-refractivity contribution < 1.29 is 9.53 Å². The van der Waals surface area contributed by atoms with Gasteiger partial charge in [-0.25, -0.2) is 0 Å². The van der Waals surface area contributed by atoms with E-state index in [-0.39, 0.29) is 11.8 Å². The molecule has 0 bridgehead atoms. The first-order valence-corrected chi connectivity index (χ1v) is 9.01. The van der Waals surface area contributed by atoms with Crippen molar-refractivity contribution in [1.82, 2.24) is 15.2 Å². The van der Waals surface area contributed by atoms with Gasteiger partial charge in [0.2, 0.25) is 5.13 Å². The highest BCUT2D eigenvalue weighted by Crippen LogP contribution is 2.42. The molecule has 8 heteroatoms. The van der Waals surface area contributed by atoms with Crippen molar-refractivity contribution in [1.29, 1.82) is 0 Å². The molecule has 2 aliphatic rings. The van der Waals surface area contributed by atoms with Crippen LogP contribution in [0.1, 0.15) is 47.1 Å². The number of rotatable bonds is 5. The molecule has 0 aromatic carbocycles. The highest BCUT2D eigenvalue weighted by atomic mass is 32.1. The van der Waals surface area contributed by atoms with Gasteiger partial charge in [0.05, 0.1) is 0 Å². The monoisotopic (exact) mass is 345 g/mol. The number of hydrogen-bond acceptors (Lipinski definition) is 7. The third-order valence-electron chi connectivity index (χ3n) is 4.36. The molecule has 4 rings (SSSR count). The third-order valence-corrected chi connectivity index (χ3v) is 5.50. The van der Waals surface area contributed by atoms with E-state index in [1.807, 2.05) is 0 Å². The van der Waals surface area contributed by atoms with E-state index >= 15 is 0 Å². The van der Waals surface area contributed by atoms with E-state index < -0.39 is 5.91 Å². The fourth-order valence-electron chi connectivity index (χ4n) is 2.83. The zero-order chi connectivity index (χ0) is 16.5. The molecular formula is C16H19N5O2S. The van der Waals surface area contributed by atoms with Crippen LogP contribution < -0.4 is 15.4 Å². The summed E-state index contributed by atoms with van der Waals surface area (Å²) in [7, 11) is 0. The largest absolute Gasteiger partial charge is 0.490 e. The van der Waals surface area contributed by atoms with Crippen LogP contribution >= 0.6 is 11.3 Å². The Labute approximate surface area is 143 Å². The summed E-state index contributed by atoms with van der Waals surface area (Å²) in [6.45, 7) is 1.80. The molecule has 2 fully saturated rings. The topological polar surface area (TPSA) is 94.2 Å². The molecule has 2 N–H and O–H groups in total.